The molecule has 0 bridgehead atoms. The molecule has 2 aliphatic rings. The molecule has 7 heteroatoms. The number of likely N-dealkylation sites (tertiary alicyclic amines) is 1. The highest BCUT2D eigenvalue weighted by atomic mass is 16.5. The van der Waals surface area contributed by atoms with Crippen LogP contribution in [0.1, 0.15) is 24.8 Å². The standard InChI is InChI=1S/C20H29N3O4/c1-26-16-7-10-22(11-8-16)19(24)13-17-20(25)21-9-12-23(17)14-15-5-3-4-6-18(15)27-2/h3-6,16-17H,7-14H2,1-2H3,(H,21,25). The largest absolute Gasteiger partial charge is 0.496 e. The van der Waals surface area contributed by atoms with Gasteiger partial charge in [0.15, 0.2) is 0 Å². The SMILES string of the molecule is COc1ccccc1CN1CCNC(=O)C1CC(=O)N1CCC(OC)CC1. The first-order chi connectivity index (χ1) is 13.1. The number of piperidine rings is 1. The molecule has 27 heavy (non-hydrogen) atoms. The van der Waals surface area contributed by atoms with Crippen LogP contribution in [0.2, 0.25) is 0 Å². The topological polar surface area (TPSA) is 71.1 Å². The van der Waals surface area contributed by atoms with Crippen molar-refractivity contribution < 1.29 is 19.1 Å². The van der Waals surface area contributed by atoms with Crippen LogP contribution in [0.25, 0.3) is 0 Å². The summed E-state index contributed by atoms with van der Waals surface area (Å²) in [4.78, 5) is 29.2. The van der Waals surface area contributed by atoms with E-state index in [0.717, 1.165) is 24.2 Å². The molecule has 0 spiro atoms. The molecular formula is C20H29N3O4. The fourth-order valence-corrected chi connectivity index (χ4v) is 3.86. The van der Waals surface area contributed by atoms with E-state index in [-0.39, 0.29) is 24.3 Å². The van der Waals surface area contributed by atoms with Crippen molar-refractivity contribution in [2.45, 2.75) is 38.0 Å². The number of nitrogens with one attached hydrogen (secondary N) is 1. The molecule has 2 heterocycles. The first-order valence-electron chi connectivity index (χ1n) is 9.56. The van der Waals surface area contributed by atoms with Crippen LogP contribution in [0.5, 0.6) is 5.75 Å². The van der Waals surface area contributed by atoms with Crippen LogP contribution in [0.3, 0.4) is 0 Å². The van der Waals surface area contributed by atoms with Crippen LogP contribution in [-0.4, -0.2) is 74.2 Å². The minimum Gasteiger partial charge on any atom is -0.496 e. The van der Waals surface area contributed by atoms with Gasteiger partial charge < -0.3 is 19.7 Å². The van der Waals surface area contributed by atoms with Gasteiger partial charge in [-0.15, -0.1) is 0 Å². The summed E-state index contributed by atoms with van der Waals surface area (Å²) in [6.45, 7) is 3.28. The highest BCUT2D eigenvalue weighted by molar-refractivity contribution is 5.88. The summed E-state index contributed by atoms with van der Waals surface area (Å²) in [6, 6.07) is 7.35. The van der Waals surface area contributed by atoms with E-state index in [1.807, 2.05) is 29.2 Å². The Hall–Kier alpha value is -2.12. The lowest BCUT2D eigenvalue weighted by Crippen LogP contribution is -2.56. The Morgan fingerprint density at radius 3 is 2.63 bits per heavy atom. The maximum atomic E-state index is 12.8. The van der Waals surface area contributed by atoms with Gasteiger partial charge in [0.1, 0.15) is 5.75 Å². The maximum absolute atomic E-state index is 12.8. The second-order valence-electron chi connectivity index (χ2n) is 7.11. The average molecular weight is 375 g/mol. The maximum Gasteiger partial charge on any atom is 0.237 e. The van der Waals surface area contributed by atoms with Gasteiger partial charge in [-0.1, -0.05) is 18.2 Å². The number of ether oxygens (including phenoxy) is 2. The molecule has 1 atom stereocenters. The van der Waals surface area contributed by atoms with Crippen LogP contribution in [-0.2, 0) is 20.9 Å². The van der Waals surface area contributed by atoms with Gasteiger partial charge in [-0.25, -0.2) is 0 Å². The van der Waals surface area contributed by atoms with Gasteiger partial charge in [-0.3, -0.25) is 14.5 Å². The highest BCUT2D eigenvalue weighted by Gasteiger charge is 2.34. The lowest BCUT2D eigenvalue weighted by molar-refractivity contribution is -0.140. The van der Waals surface area contributed by atoms with Crippen LogP contribution in [0.4, 0.5) is 0 Å². The number of amides is 2. The van der Waals surface area contributed by atoms with Gasteiger partial charge in [0.25, 0.3) is 0 Å². The van der Waals surface area contributed by atoms with Crippen molar-refractivity contribution in [1.29, 1.82) is 0 Å². The fraction of sp³-hybridized carbons (Fsp3) is 0.600. The second kappa shape index (κ2) is 9.19. The zero-order valence-corrected chi connectivity index (χ0v) is 16.1. The van der Waals surface area contributed by atoms with E-state index in [0.29, 0.717) is 32.7 Å². The molecule has 1 unspecified atom stereocenters. The molecule has 2 aliphatic heterocycles. The van der Waals surface area contributed by atoms with Gasteiger partial charge in [0, 0.05) is 45.4 Å². The number of carbonyl (C=O) groups is 2. The highest BCUT2D eigenvalue weighted by Crippen LogP contribution is 2.23. The van der Waals surface area contributed by atoms with Crippen molar-refractivity contribution in [3.05, 3.63) is 29.8 Å². The molecule has 2 fully saturated rings. The van der Waals surface area contributed by atoms with E-state index in [1.54, 1.807) is 14.2 Å². The molecule has 0 aliphatic carbocycles. The minimum absolute atomic E-state index is 0.0385. The third kappa shape index (κ3) is 4.78. The number of hydrogen-bond acceptors (Lipinski definition) is 5. The van der Waals surface area contributed by atoms with Gasteiger partial charge >= 0.3 is 0 Å². The van der Waals surface area contributed by atoms with Crippen molar-refractivity contribution in [1.82, 2.24) is 15.1 Å². The fourth-order valence-electron chi connectivity index (χ4n) is 3.86. The molecule has 2 amide bonds. The predicted molar refractivity (Wildman–Crippen MR) is 101 cm³/mol. The lowest BCUT2D eigenvalue weighted by atomic mass is 10.0. The molecule has 2 saturated heterocycles. The Labute approximate surface area is 160 Å². The van der Waals surface area contributed by atoms with Gasteiger partial charge in [-0.2, -0.15) is 0 Å². The first kappa shape index (κ1) is 19.6. The molecule has 0 aromatic heterocycles. The Bertz CT molecular complexity index is 658. The van der Waals surface area contributed by atoms with Crippen molar-refractivity contribution >= 4 is 11.8 Å². The Balaban J connectivity index is 1.65. The van der Waals surface area contributed by atoms with Gasteiger partial charge in [0.2, 0.25) is 11.8 Å². The molecule has 3 rings (SSSR count). The molecule has 0 saturated carbocycles. The van der Waals surface area contributed by atoms with E-state index in [1.165, 1.54) is 0 Å². The number of rotatable bonds is 6. The second-order valence-corrected chi connectivity index (χ2v) is 7.11. The van der Waals surface area contributed by atoms with Crippen molar-refractivity contribution in [3.63, 3.8) is 0 Å². The molecule has 1 N–H and O–H groups in total. The lowest BCUT2D eigenvalue weighted by Gasteiger charge is -2.37. The summed E-state index contributed by atoms with van der Waals surface area (Å²) in [5, 5.41) is 2.90. The monoisotopic (exact) mass is 375 g/mol. The molecular weight excluding hydrogens is 346 g/mol. The summed E-state index contributed by atoms with van der Waals surface area (Å²) >= 11 is 0. The summed E-state index contributed by atoms with van der Waals surface area (Å²) in [6.07, 6.45) is 2.14. The normalized spacial score (nSPS) is 21.8. The van der Waals surface area contributed by atoms with E-state index < -0.39 is 6.04 Å². The summed E-state index contributed by atoms with van der Waals surface area (Å²) < 4.78 is 10.8. The number of hydrogen-bond donors (Lipinski definition) is 1. The van der Waals surface area contributed by atoms with Gasteiger partial charge in [-0.05, 0) is 18.9 Å². The molecule has 148 valence electrons. The average Bonchev–Trinajstić information content (AvgIpc) is 2.71. The van der Waals surface area contributed by atoms with Crippen LogP contribution in [0, 0.1) is 0 Å². The van der Waals surface area contributed by atoms with Crippen molar-refractivity contribution in [2.75, 3.05) is 40.4 Å². The molecule has 1 aromatic rings. The van der Waals surface area contributed by atoms with Crippen molar-refractivity contribution in [2.24, 2.45) is 0 Å². The number of nitrogens with zero attached hydrogens (tertiary/aromatic N) is 2. The van der Waals surface area contributed by atoms with Gasteiger partial charge in [0.05, 0.1) is 25.7 Å². The third-order valence-corrected chi connectivity index (χ3v) is 5.50. The Morgan fingerprint density at radius 1 is 1.19 bits per heavy atom. The van der Waals surface area contributed by atoms with Crippen LogP contribution >= 0.6 is 0 Å². The number of methoxy groups -OCH3 is 2. The number of piperazine rings is 1. The number of carbonyl (C=O) groups excluding carboxylic acids is 2. The van der Waals surface area contributed by atoms with E-state index >= 15 is 0 Å². The summed E-state index contributed by atoms with van der Waals surface area (Å²) in [5.41, 5.74) is 1.02. The molecule has 1 aromatic carbocycles. The molecule has 7 nitrogen and oxygen atoms in total. The molecule has 0 radical (unpaired) electrons. The zero-order chi connectivity index (χ0) is 19.2. The van der Waals surface area contributed by atoms with Crippen molar-refractivity contribution in [3.8, 4) is 5.75 Å². The van der Waals surface area contributed by atoms with Crippen LogP contribution in [0.15, 0.2) is 24.3 Å². The summed E-state index contributed by atoms with van der Waals surface area (Å²) in [7, 11) is 3.36. The van der Waals surface area contributed by atoms with E-state index in [4.69, 9.17) is 9.47 Å². The smallest absolute Gasteiger partial charge is 0.237 e. The first-order valence-corrected chi connectivity index (χ1v) is 9.56. The minimum atomic E-state index is -0.448. The Morgan fingerprint density at radius 2 is 1.93 bits per heavy atom. The summed E-state index contributed by atoms with van der Waals surface area (Å²) in [5.74, 6) is 0.767. The predicted octanol–water partition coefficient (Wildman–Crippen LogP) is 1.02. The van der Waals surface area contributed by atoms with Crippen LogP contribution < -0.4 is 10.1 Å². The van der Waals surface area contributed by atoms with E-state index in [2.05, 4.69) is 10.2 Å². The zero-order valence-electron chi connectivity index (χ0n) is 16.1. The quantitative estimate of drug-likeness (QED) is 0.804. The third-order valence-electron chi connectivity index (χ3n) is 5.50. The van der Waals surface area contributed by atoms with E-state index in [9.17, 15) is 9.59 Å². The Kier molecular flexibility index (Phi) is 6.68. The number of para-hydroxylation sites is 1. The number of benzene rings is 1.